The van der Waals surface area contributed by atoms with Crippen LogP contribution < -0.4 is 5.32 Å². The van der Waals surface area contributed by atoms with E-state index >= 15 is 0 Å². The van der Waals surface area contributed by atoms with Crippen molar-refractivity contribution in [2.45, 2.75) is 25.8 Å². The smallest absolute Gasteiger partial charge is 0.0438 e. The Morgan fingerprint density at radius 2 is 1.95 bits per heavy atom. The molecule has 0 amide bonds. The van der Waals surface area contributed by atoms with Gasteiger partial charge in [-0.1, -0.05) is 64.8 Å². The number of nitrogens with one attached hydrogen (secondary N) is 1. The van der Waals surface area contributed by atoms with Gasteiger partial charge in [0.25, 0.3) is 0 Å². The van der Waals surface area contributed by atoms with Crippen LogP contribution in [0.5, 0.6) is 0 Å². The minimum absolute atomic E-state index is 0.285. The zero-order chi connectivity index (χ0) is 14.4. The SMILES string of the molecule is CCCNC(Cc1ccccc1Cl)c1cccc(Br)c1. The molecule has 1 atom stereocenters. The second kappa shape index (κ2) is 7.82. The molecule has 0 spiro atoms. The molecule has 0 bridgehead atoms. The molecule has 2 rings (SSSR count). The van der Waals surface area contributed by atoms with E-state index < -0.39 is 0 Å². The van der Waals surface area contributed by atoms with Gasteiger partial charge in [0, 0.05) is 15.5 Å². The Morgan fingerprint density at radius 3 is 2.65 bits per heavy atom. The summed E-state index contributed by atoms with van der Waals surface area (Å²) in [6.45, 7) is 3.18. The first kappa shape index (κ1) is 15.6. The van der Waals surface area contributed by atoms with Crippen molar-refractivity contribution >= 4 is 27.5 Å². The topological polar surface area (TPSA) is 12.0 Å². The van der Waals surface area contributed by atoms with E-state index in [0.717, 1.165) is 28.9 Å². The predicted molar refractivity (Wildman–Crippen MR) is 90.3 cm³/mol. The quantitative estimate of drug-likeness (QED) is 0.735. The molecule has 20 heavy (non-hydrogen) atoms. The van der Waals surface area contributed by atoms with Gasteiger partial charge in [-0.3, -0.25) is 0 Å². The Balaban J connectivity index is 2.21. The largest absolute Gasteiger partial charge is 0.310 e. The lowest BCUT2D eigenvalue weighted by atomic mass is 9.98. The zero-order valence-corrected chi connectivity index (χ0v) is 13.9. The molecule has 1 unspecified atom stereocenters. The van der Waals surface area contributed by atoms with E-state index in [1.807, 2.05) is 18.2 Å². The van der Waals surface area contributed by atoms with Crippen LogP contribution in [0.3, 0.4) is 0 Å². The average Bonchev–Trinajstić information content (AvgIpc) is 2.45. The summed E-state index contributed by atoms with van der Waals surface area (Å²) in [5.41, 5.74) is 2.47. The summed E-state index contributed by atoms with van der Waals surface area (Å²) in [6, 6.07) is 16.8. The first-order valence-electron chi connectivity index (χ1n) is 6.93. The van der Waals surface area contributed by atoms with Gasteiger partial charge in [-0.25, -0.2) is 0 Å². The lowest BCUT2D eigenvalue weighted by Gasteiger charge is -2.20. The number of halogens is 2. The van der Waals surface area contributed by atoms with Gasteiger partial charge < -0.3 is 5.32 Å². The van der Waals surface area contributed by atoms with Gasteiger partial charge in [0.05, 0.1) is 0 Å². The third-order valence-corrected chi connectivity index (χ3v) is 4.14. The standard InChI is InChI=1S/C17H19BrClN/c1-2-10-20-17(14-7-5-8-15(18)11-14)12-13-6-3-4-9-16(13)19/h3-9,11,17,20H,2,10,12H2,1H3. The van der Waals surface area contributed by atoms with E-state index in [1.165, 1.54) is 11.1 Å². The highest BCUT2D eigenvalue weighted by molar-refractivity contribution is 9.10. The minimum atomic E-state index is 0.285. The van der Waals surface area contributed by atoms with E-state index in [9.17, 15) is 0 Å². The summed E-state index contributed by atoms with van der Waals surface area (Å²) in [4.78, 5) is 0. The molecule has 0 aliphatic heterocycles. The van der Waals surface area contributed by atoms with Crippen molar-refractivity contribution < 1.29 is 0 Å². The molecule has 0 saturated heterocycles. The Morgan fingerprint density at radius 1 is 1.15 bits per heavy atom. The molecule has 0 aromatic heterocycles. The van der Waals surface area contributed by atoms with Crippen LogP contribution >= 0.6 is 27.5 Å². The lowest BCUT2D eigenvalue weighted by molar-refractivity contribution is 0.529. The van der Waals surface area contributed by atoms with Crippen molar-refractivity contribution in [2.24, 2.45) is 0 Å². The first-order valence-corrected chi connectivity index (χ1v) is 8.10. The van der Waals surface area contributed by atoms with Gasteiger partial charge >= 0.3 is 0 Å². The molecule has 2 aromatic rings. The van der Waals surface area contributed by atoms with Gasteiger partial charge in [-0.2, -0.15) is 0 Å². The van der Waals surface area contributed by atoms with E-state index in [1.54, 1.807) is 0 Å². The molecule has 1 nitrogen and oxygen atoms in total. The van der Waals surface area contributed by atoms with E-state index in [-0.39, 0.29) is 6.04 Å². The van der Waals surface area contributed by atoms with Crippen LogP contribution in [0.4, 0.5) is 0 Å². The summed E-state index contributed by atoms with van der Waals surface area (Å²) in [5.74, 6) is 0. The highest BCUT2D eigenvalue weighted by atomic mass is 79.9. The second-order valence-electron chi connectivity index (χ2n) is 4.86. The van der Waals surface area contributed by atoms with Crippen molar-refractivity contribution in [1.82, 2.24) is 5.32 Å². The molecule has 0 fully saturated rings. The fraction of sp³-hybridized carbons (Fsp3) is 0.294. The summed E-state index contributed by atoms with van der Waals surface area (Å²) in [7, 11) is 0. The van der Waals surface area contributed by atoms with Crippen molar-refractivity contribution in [3.8, 4) is 0 Å². The Kier molecular flexibility index (Phi) is 6.08. The highest BCUT2D eigenvalue weighted by Crippen LogP contribution is 2.25. The van der Waals surface area contributed by atoms with Gasteiger partial charge in [-0.05, 0) is 48.7 Å². The van der Waals surface area contributed by atoms with Crippen LogP contribution in [-0.2, 0) is 6.42 Å². The summed E-state index contributed by atoms with van der Waals surface area (Å²) in [5, 5.41) is 4.45. The van der Waals surface area contributed by atoms with Crippen LogP contribution in [-0.4, -0.2) is 6.54 Å². The third-order valence-electron chi connectivity index (χ3n) is 3.27. The van der Waals surface area contributed by atoms with Gasteiger partial charge in [0.2, 0.25) is 0 Å². The van der Waals surface area contributed by atoms with Crippen molar-refractivity contribution in [3.63, 3.8) is 0 Å². The predicted octanol–water partition coefficient (Wildman–Crippen LogP) is 5.39. The molecule has 0 radical (unpaired) electrons. The summed E-state index contributed by atoms with van der Waals surface area (Å²) in [6.07, 6.45) is 2.02. The second-order valence-corrected chi connectivity index (χ2v) is 6.18. The molecule has 1 N–H and O–H groups in total. The lowest BCUT2D eigenvalue weighted by Crippen LogP contribution is -2.24. The van der Waals surface area contributed by atoms with E-state index in [0.29, 0.717) is 0 Å². The van der Waals surface area contributed by atoms with Gasteiger partial charge in [-0.15, -0.1) is 0 Å². The number of hydrogen-bond acceptors (Lipinski definition) is 1. The van der Waals surface area contributed by atoms with E-state index in [4.69, 9.17) is 11.6 Å². The molecule has 3 heteroatoms. The maximum Gasteiger partial charge on any atom is 0.0438 e. The van der Waals surface area contributed by atoms with E-state index in [2.05, 4.69) is 58.5 Å². The zero-order valence-electron chi connectivity index (χ0n) is 11.6. The minimum Gasteiger partial charge on any atom is -0.310 e. The molecular formula is C17H19BrClN. The summed E-state index contributed by atoms with van der Waals surface area (Å²) < 4.78 is 1.11. The number of hydrogen-bond donors (Lipinski definition) is 1. The molecule has 106 valence electrons. The highest BCUT2D eigenvalue weighted by Gasteiger charge is 2.13. The van der Waals surface area contributed by atoms with Crippen LogP contribution in [0.2, 0.25) is 5.02 Å². The van der Waals surface area contributed by atoms with Gasteiger partial charge in [0.15, 0.2) is 0 Å². The number of benzene rings is 2. The Hall–Kier alpha value is -0.830. The first-order chi connectivity index (χ1) is 9.70. The van der Waals surface area contributed by atoms with Crippen molar-refractivity contribution in [2.75, 3.05) is 6.54 Å². The Bertz CT molecular complexity index is 556. The molecule has 0 heterocycles. The monoisotopic (exact) mass is 351 g/mol. The van der Waals surface area contributed by atoms with Crippen molar-refractivity contribution in [1.29, 1.82) is 0 Å². The fourth-order valence-electron chi connectivity index (χ4n) is 2.23. The Labute approximate surface area is 134 Å². The fourth-order valence-corrected chi connectivity index (χ4v) is 2.86. The normalized spacial score (nSPS) is 12.3. The number of rotatable bonds is 6. The van der Waals surface area contributed by atoms with Crippen LogP contribution in [0.15, 0.2) is 53.0 Å². The molecule has 0 aliphatic rings. The molecule has 0 saturated carbocycles. The maximum atomic E-state index is 6.28. The maximum absolute atomic E-state index is 6.28. The average molecular weight is 353 g/mol. The third kappa shape index (κ3) is 4.34. The van der Waals surface area contributed by atoms with Crippen molar-refractivity contribution in [3.05, 3.63) is 69.2 Å². The van der Waals surface area contributed by atoms with Gasteiger partial charge in [0.1, 0.15) is 0 Å². The molecular weight excluding hydrogens is 334 g/mol. The molecule has 2 aromatic carbocycles. The van der Waals surface area contributed by atoms with Crippen LogP contribution in [0, 0.1) is 0 Å². The van der Waals surface area contributed by atoms with Crippen LogP contribution in [0.1, 0.15) is 30.5 Å². The summed E-state index contributed by atoms with van der Waals surface area (Å²) >= 11 is 9.83. The van der Waals surface area contributed by atoms with Crippen LogP contribution in [0.25, 0.3) is 0 Å². The molecule has 0 aliphatic carbocycles.